The van der Waals surface area contributed by atoms with Gasteiger partial charge in [-0.15, -0.1) is 12.4 Å². The van der Waals surface area contributed by atoms with Crippen LogP contribution in [0.5, 0.6) is 0 Å². The summed E-state index contributed by atoms with van der Waals surface area (Å²) < 4.78 is 39.2. The quantitative estimate of drug-likeness (QED) is 0.892. The van der Waals surface area contributed by atoms with Crippen molar-refractivity contribution in [3.8, 4) is 0 Å². The molecule has 1 aliphatic carbocycles. The zero-order valence-corrected chi connectivity index (χ0v) is 13.3. The van der Waals surface area contributed by atoms with Gasteiger partial charge >= 0.3 is 0 Å². The van der Waals surface area contributed by atoms with Gasteiger partial charge in [0.2, 0.25) is 10.0 Å². The second kappa shape index (κ2) is 6.58. The van der Waals surface area contributed by atoms with Gasteiger partial charge in [0.25, 0.3) is 0 Å². The highest BCUT2D eigenvalue weighted by atomic mass is 35.5. The van der Waals surface area contributed by atoms with Crippen LogP contribution in [0.1, 0.15) is 12.8 Å². The second-order valence-electron chi connectivity index (χ2n) is 4.74. The molecule has 1 unspecified atom stereocenters. The van der Waals surface area contributed by atoms with Gasteiger partial charge in [-0.25, -0.2) is 12.8 Å². The summed E-state index contributed by atoms with van der Waals surface area (Å²) in [5.41, 5.74) is 5.65. The lowest BCUT2D eigenvalue weighted by molar-refractivity contribution is 0.340. The van der Waals surface area contributed by atoms with Crippen molar-refractivity contribution in [1.29, 1.82) is 0 Å². The summed E-state index contributed by atoms with van der Waals surface area (Å²) in [5.74, 6) is -0.256. The van der Waals surface area contributed by atoms with E-state index in [0.29, 0.717) is 5.92 Å². The highest BCUT2D eigenvalue weighted by molar-refractivity contribution is 7.89. The lowest BCUT2D eigenvalue weighted by Crippen LogP contribution is -2.43. The molecule has 0 bridgehead atoms. The van der Waals surface area contributed by atoms with Gasteiger partial charge in [0.05, 0.1) is 5.02 Å². The minimum Gasteiger partial charge on any atom is -0.329 e. The van der Waals surface area contributed by atoms with Crippen molar-refractivity contribution in [2.24, 2.45) is 11.7 Å². The van der Waals surface area contributed by atoms with E-state index in [0.717, 1.165) is 25.0 Å². The Labute approximate surface area is 129 Å². The topological polar surface area (TPSA) is 63.4 Å². The van der Waals surface area contributed by atoms with Crippen LogP contribution in [0, 0.1) is 11.7 Å². The second-order valence-corrected chi connectivity index (χ2v) is 7.11. The van der Waals surface area contributed by atoms with Crippen LogP contribution in [0.25, 0.3) is 0 Å². The van der Waals surface area contributed by atoms with Crippen LogP contribution in [-0.4, -0.2) is 32.4 Å². The Bertz CT molecular complexity index is 579. The smallest absolute Gasteiger partial charge is 0.244 e. The molecule has 4 nitrogen and oxygen atoms in total. The number of halogens is 3. The van der Waals surface area contributed by atoms with E-state index in [2.05, 4.69) is 0 Å². The van der Waals surface area contributed by atoms with Crippen molar-refractivity contribution >= 4 is 34.0 Å². The van der Waals surface area contributed by atoms with Crippen molar-refractivity contribution in [2.75, 3.05) is 13.6 Å². The fourth-order valence-electron chi connectivity index (χ4n) is 2.14. The first-order valence-corrected chi connectivity index (χ1v) is 7.83. The summed E-state index contributed by atoms with van der Waals surface area (Å²) in [6.45, 7) is 0.263. The average molecular weight is 343 g/mol. The van der Waals surface area contributed by atoms with Crippen LogP contribution in [0.2, 0.25) is 5.02 Å². The largest absolute Gasteiger partial charge is 0.329 e. The number of hydrogen-bond acceptors (Lipinski definition) is 3. The first kappa shape index (κ1) is 17.7. The first-order chi connectivity index (χ1) is 8.87. The standard InChI is InChI=1S/C12H16ClFN2O2S.ClH/c1-16(11(7-15)8-2-3-8)19(17,18)12-5-4-9(14)6-10(12)13;/h4-6,8,11H,2-3,7,15H2,1H3;1H. The van der Waals surface area contributed by atoms with Crippen molar-refractivity contribution in [2.45, 2.75) is 23.8 Å². The summed E-state index contributed by atoms with van der Waals surface area (Å²) in [5, 5.41) is -0.113. The molecule has 8 heteroatoms. The third kappa shape index (κ3) is 3.43. The van der Waals surface area contributed by atoms with Crippen LogP contribution < -0.4 is 5.73 Å². The fourth-order valence-corrected chi connectivity index (χ4v) is 4.07. The van der Waals surface area contributed by atoms with Gasteiger partial charge in [-0.3, -0.25) is 0 Å². The zero-order valence-electron chi connectivity index (χ0n) is 10.9. The molecule has 114 valence electrons. The van der Waals surface area contributed by atoms with Gasteiger partial charge in [-0.1, -0.05) is 11.6 Å². The van der Waals surface area contributed by atoms with Gasteiger partial charge in [0.15, 0.2) is 0 Å². The van der Waals surface area contributed by atoms with E-state index >= 15 is 0 Å². The molecule has 1 fully saturated rings. The molecule has 0 amide bonds. The van der Waals surface area contributed by atoms with Crippen molar-refractivity contribution in [1.82, 2.24) is 4.31 Å². The first-order valence-electron chi connectivity index (χ1n) is 6.01. The predicted molar refractivity (Wildman–Crippen MR) is 79.2 cm³/mol. The molecule has 1 saturated carbocycles. The number of nitrogens with two attached hydrogens (primary N) is 1. The van der Waals surface area contributed by atoms with E-state index in [1.54, 1.807) is 0 Å². The number of likely N-dealkylation sites (N-methyl/N-ethyl adjacent to an activating group) is 1. The third-order valence-electron chi connectivity index (χ3n) is 3.43. The fraction of sp³-hybridized carbons (Fsp3) is 0.500. The van der Waals surface area contributed by atoms with Gasteiger partial charge < -0.3 is 5.73 Å². The van der Waals surface area contributed by atoms with E-state index in [1.165, 1.54) is 17.4 Å². The van der Waals surface area contributed by atoms with Crippen LogP contribution in [0.3, 0.4) is 0 Å². The van der Waals surface area contributed by atoms with Crippen LogP contribution in [0.4, 0.5) is 4.39 Å². The molecular formula is C12H17Cl2FN2O2S. The van der Waals surface area contributed by atoms with E-state index in [9.17, 15) is 12.8 Å². The predicted octanol–water partition coefficient (Wildman–Crippen LogP) is 2.26. The molecular weight excluding hydrogens is 326 g/mol. The summed E-state index contributed by atoms with van der Waals surface area (Å²) in [7, 11) is -2.26. The van der Waals surface area contributed by atoms with Crippen LogP contribution in [-0.2, 0) is 10.0 Å². The van der Waals surface area contributed by atoms with Crippen molar-refractivity contribution < 1.29 is 12.8 Å². The van der Waals surface area contributed by atoms with E-state index < -0.39 is 15.8 Å². The molecule has 1 aromatic carbocycles. The minimum atomic E-state index is -3.75. The summed E-state index contributed by atoms with van der Waals surface area (Å²) in [4.78, 5) is -0.0860. The van der Waals surface area contributed by atoms with Crippen LogP contribution in [0.15, 0.2) is 23.1 Å². The average Bonchev–Trinajstić information content (AvgIpc) is 3.13. The number of benzene rings is 1. The normalized spacial score (nSPS) is 16.9. The van der Waals surface area contributed by atoms with Crippen molar-refractivity contribution in [3.05, 3.63) is 29.0 Å². The molecule has 1 aromatic rings. The number of hydrogen-bond donors (Lipinski definition) is 1. The molecule has 0 aromatic heterocycles. The lowest BCUT2D eigenvalue weighted by atomic mass is 10.2. The minimum absolute atomic E-state index is 0. The molecule has 0 saturated heterocycles. The SMILES string of the molecule is CN(C(CN)C1CC1)S(=O)(=O)c1ccc(F)cc1Cl.Cl. The van der Waals surface area contributed by atoms with Gasteiger partial charge in [-0.2, -0.15) is 4.31 Å². The third-order valence-corrected chi connectivity index (χ3v) is 5.79. The van der Waals surface area contributed by atoms with Crippen molar-refractivity contribution in [3.63, 3.8) is 0 Å². The molecule has 0 radical (unpaired) electrons. The molecule has 0 spiro atoms. The Morgan fingerprint density at radius 2 is 2.10 bits per heavy atom. The van der Waals surface area contributed by atoms with Gasteiger partial charge in [-0.05, 0) is 37.0 Å². The Morgan fingerprint density at radius 3 is 2.55 bits per heavy atom. The molecule has 20 heavy (non-hydrogen) atoms. The number of rotatable bonds is 5. The van der Waals surface area contributed by atoms with Gasteiger partial charge in [0.1, 0.15) is 10.7 Å². The van der Waals surface area contributed by atoms with E-state index in [4.69, 9.17) is 17.3 Å². The Kier molecular flexibility index (Phi) is 5.80. The Hall–Kier alpha value is -0.400. The molecule has 0 aliphatic heterocycles. The van der Waals surface area contributed by atoms with Crippen LogP contribution >= 0.6 is 24.0 Å². The number of sulfonamides is 1. The maximum absolute atomic E-state index is 13.0. The highest BCUT2D eigenvalue weighted by Crippen LogP contribution is 2.37. The van der Waals surface area contributed by atoms with E-state index in [-0.39, 0.29) is 34.9 Å². The summed E-state index contributed by atoms with van der Waals surface area (Å²) in [6, 6.07) is 3.04. The Morgan fingerprint density at radius 1 is 1.50 bits per heavy atom. The molecule has 2 N–H and O–H groups in total. The zero-order chi connectivity index (χ0) is 14.2. The lowest BCUT2D eigenvalue weighted by Gasteiger charge is -2.26. The monoisotopic (exact) mass is 342 g/mol. The summed E-state index contributed by atoms with van der Waals surface area (Å²) >= 11 is 5.82. The van der Waals surface area contributed by atoms with Gasteiger partial charge in [0, 0.05) is 19.6 Å². The highest BCUT2D eigenvalue weighted by Gasteiger charge is 2.38. The maximum Gasteiger partial charge on any atom is 0.244 e. The summed E-state index contributed by atoms with van der Waals surface area (Å²) in [6.07, 6.45) is 1.97. The molecule has 1 aliphatic rings. The molecule has 2 rings (SSSR count). The Balaban J connectivity index is 0.00000200. The molecule has 1 atom stereocenters. The molecule has 0 heterocycles. The maximum atomic E-state index is 13.0. The number of nitrogens with zero attached hydrogens (tertiary/aromatic N) is 1. The van der Waals surface area contributed by atoms with E-state index in [1.807, 2.05) is 0 Å².